The fraction of sp³-hybridized carbons (Fsp3) is 0.611. The summed E-state index contributed by atoms with van der Waals surface area (Å²) in [5.74, 6) is -0.364. The lowest BCUT2D eigenvalue weighted by molar-refractivity contribution is -0.223. The van der Waals surface area contributed by atoms with Gasteiger partial charge in [0.05, 0.1) is 19.3 Å². The van der Waals surface area contributed by atoms with Crippen molar-refractivity contribution in [2.45, 2.75) is 57.5 Å². The van der Waals surface area contributed by atoms with Gasteiger partial charge in [0, 0.05) is 25.7 Å². The Morgan fingerprint density at radius 2 is 2.09 bits per heavy atom. The van der Waals surface area contributed by atoms with Crippen LogP contribution in [0.15, 0.2) is 30.3 Å². The van der Waals surface area contributed by atoms with Crippen LogP contribution < -0.4 is 0 Å². The summed E-state index contributed by atoms with van der Waals surface area (Å²) < 4.78 is 17.1. The Balaban J connectivity index is 1.91. The van der Waals surface area contributed by atoms with Crippen molar-refractivity contribution >= 4 is 5.97 Å². The van der Waals surface area contributed by atoms with Crippen LogP contribution in [0.4, 0.5) is 0 Å². The van der Waals surface area contributed by atoms with Crippen molar-refractivity contribution in [3.05, 3.63) is 35.9 Å². The lowest BCUT2D eigenvalue weighted by Crippen LogP contribution is -2.39. The Morgan fingerprint density at radius 3 is 2.70 bits per heavy atom. The third-order valence-corrected chi connectivity index (χ3v) is 4.09. The molecule has 4 atom stereocenters. The van der Waals surface area contributed by atoms with Gasteiger partial charge in [0.25, 0.3) is 0 Å². The first-order chi connectivity index (χ1) is 11.1. The van der Waals surface area contributed by atoms with Crippen LogP contribution in [0.3, 0.4) is 0 Å². The second kappa shape index (κ2) is 9.01. The summed E-state index contributed by atoms with van der Waals surface area (Å²) >= 11 is 0. The molecule has 5 heteroatoms. The van der Waals surface area contributed by atoms with Gasteiger partial charge in [0.2, 0.25) is 0 Å². The van der Waals surface area contributed by atoms with Gasteiger partial charge >= 0.3 is 5.97 Å². The molecule has 0 bridgehead atoms. The van der Waals surface area contributed by atoms with Crippen molar-refractivity contribution in [1.29, 1.82) is 0 Å². The van der Waals surface area contributed by atoms with Crippen LogP contribution in [0.1, 0.15) is 44.6 Å². The minimum Gasteiger partial charge on any atom is -0.462 e. The maximum absolute atomic E-state index is 11.2. The quantitative estimate of drug-likeness (QED) is 0.782. The van der Waals surface area contributed by atoms with E-state index in [1.807, 2.05) is 37.3 Å². The van der Waals surface area contributed by atoms with Crippen LogP contribution in [0.5, 0.6) is 0 Å². The second-order valence-electron chi connectivity index (χ2n) is 5.92. The van der Waals surface area contributed by atoms with E-state index in [0.717, 1.165) is 12.0 Å². The number of esters is 1. The molecule has 1 aromatic rings. The minimum absolute atomic E-state index is 0.0152. The van der Waals surface area contributed by atoms with Crippen molar-refractivity contribution in [2.24, 2.45) is 0 Å². The third kappa shape index (κ3) is 5.61. The highest BCUT2D eigenvalue weighted by Crippen LogP contribution is 2.26. The maximum atomic E-state index is 11.2. The molecule has 2 rings (SSSR count). The zero-order chi connectivity index (χ0) is 16.7. The number of ether oxygens (including phenoxy) is 3. The number of hydrogen-bond acceptors (Lipinski definition) is 5. The Labute approximate surface area is 137 Å². The number of aliphatic hydroxyl groups excluding tert-OH is 1. The number of hydrogen-bond donors (Lipinski definition) is 1. The van der Waals surface area contributed by atoms with E-state index in [9.17, 15) is 9.90 Å². The van der Waals surface area contributed by atoms with E-state index in [1.54, 1.807) is 0 Å². The molecular weight excluding hydrogens is 296 g/mol. The van der Waals surface area contributed by atoms with Crippen molar-refractivity contribution in [2.75, 3.05) is 13.2 Å². The van der Waals surface area contributed by atoms with Crippen molar-refractivity contribution in [3.8, 4) is 0 Å². The molecule has 5 nitrogen and oxygen atoms in total. The normalized spacial score (nSPS) is 25.8. The molecule has 4 unspecified atom stereocenters. The maximum Gasteiger partial charge on any atom is 0.302 e. The molecule has 128 valence electrons. The molecule has 0 aromatic heterocycles. The number of rotatable bonds is 7. The molecule has 1 fully saturated rings. The predicted molar refractivity (Wildman–Crippen MR) is 86.0 cm³/mol. The zero-order valence-corrected chi connectivity index (χ0v) is 13.8. The second-order valence-corrected chi connectivity index (χ2v) is 5.92. The van der Waals surface area contributed by atoms with Crippen molar-refractivity contribution < 1.29 is 24.1 Å². The number of carbonyl (C=O) groups excluding carboxylic acids is 1. The molecule has 1 aliphatic heterocycles. The number of aliphatic hydroxyl groups is 1. The summed E-state index contributed by atoms with van der Waals surface area (Å²) in [4.78, 5) is 11.2. The van der Waals surface area contributed by atoms with Gasteiger partial charge in [0.1, 0.15) is 6.10 Å². The molecule has 1 aliphatic rings. The Hall–Kier alpha value is -1.43. The number of carbonyl (C=O) groups is 1. The summed E-state index contributed by atoms with van der Waals surface area (Å²) in [6, 6.07) is 9.78. The van der Waals surface area contributed by atoms with E-state index in [0.29, 0.717) is 19.4 Å². The average Bonchev–Trinajstić information content (AvgIpc) is 2.55. The average molecular weight is 322 g/mol. The minimum atomic E-state index is -0.407. The summed E-state index contributed by atoms with van der Waals surface area (Å²) in [5.41, 5.74) is 1.04. The first kappa shape index (κ1) is 17.9. The van der Waals surface area contributed by atoms with E-state index < -0.39 is 6.29 Å². The highest BCUT2D eigenvalue weighted by Gasteiger charge is 2.31. The van der Waals surface area contributed by atoms with Crippen molar-refractivity contribution in [1.82, 2.24) is 0 Å². The molecule has 1 saturated heterocycles. The Bertz CT molecular complexity index is 476. The van der Waals surface area contributed by atoms with Gasteiger partial charge in [-0.15, -0.1) is 0 Å². The lowest BCUT2D eigenvalue weighted by Gasteiger charge is -2.34. The van der Waals surface area contributed by atoms with E-state index in [-0.39, 0.29) is 30.7 Å². The summed E-state index contributed by atoms with van der Waals surface area (Å²) in [6.45, 7) is 3.84. The lowest BCUT2D eigenvalue weighted by atomic mass is 10.0. The highest BCUT2D eigenvalue weighted by molar-refractivity contribution is 5.66. The van der Waals surface area contributed by atoms with Crippen LogP contribution in [0.25, 0.3) is 0 Å². The Kier molecular flexibility index (Phi) is 7.02. The molecule has 0 spiro atoms. The fourth-order valence-electron chi connectivity index (χ4n) is 2.83. The third-order valence-electron chi connectivity index (χ3n) is 4.09. The topological polar surface area (TPSA) is 65.0 Å². The predicted octanol–water partition coefficient (Wildman–Crippen LogP) is 2.63. The van der Waals surface area contributed by atoms with Gasteiger partial charge < -0.3 is 19.3 Å². The van der Waals surface area contributed by atoms with Crippen molar-refractivity contribution in [3.63, 3.8) is 0 Å². The first-order valence-corrected chi connectivity index (χ1v) is 8.22. The molecule has 1 heterocycles. The van der Waals surface area contributed by atoms with Gasteiger partial charge in [-0.05, 0) is 12.0 Å². The van der Waals surface area contributed by atoms with E-state index >= 15 is 0 Å². The summed E-state index contributed by atoms with van der Waals surface area (Å²) in [5, 5.41) is 9.59. The smallest absolute Gasteiger partial charge is 0.302 e. The van der Waals surface area contributed by atoms with Gasteiger partial charge in [-0.2, -0.15) is 0 Å². The molecule has 0 saturated carbocycles. The van der Waals surface area contributed by atoms with Crippen LogP contribution in [0.2, 0.25) is 0 Å². The van der Waals surface area contributed by atoms with Gasteiger partial charge in [0.15, 0.2) is 6.29 Å². The summed E-state index contributed by atoms with van der Waals surface area (Å²) in [7, 11) is 0. The molecule has 0 amide bonds. The van der Waals surface area contributed by atoms with Crippen LogP contribution in [-0.2, 0) is 19.0 Å². The van der Waals surface area contributed by atoms with Gasteiger partial charge in [-0.25, -0.2) is 0 Å². The van der Waals surface area contributed by atoms with Gasteiger partial charge in [-0.3, -0.25) is 4.79 Å². The first-order valence-electron chi connectivity index (χ1n) is 8.22. The van der Waals surface area contributed by atoms with Gasteiger partial charge in [-0.1, -0.05) is 37.3 Å². The summed E-state index contributed by atoms with van der Waals surface area (Å²) in [6.07, 6.45) is 1.54. The standard InChI is InChI=1S/C18H26O5/c1-3-16-9-17(22-13(2)20)10-18(23-16)21-12-15(11-19)14-7-5-4-6-8-14/h4-8,15-19H,3,9-12H2,1-2H3. The van der Waals surface area contributed by atoms with E-state index in [2.05, 4.69) is 0 Å². The molecule has 1 N–H and O–H groups in total. The fourth-order valence-corrected chi connectivity index (χ4v) is 2.83. The largest absolute Gasteiger partial charge is 0.462 e. The Morgan fingerprint density at radius 1 is 1.35 bits per heavy atom. The van der Waals surface area contributed by atoms with E-state index in [4.69, 9.17) is 14.2 Å². The van der Waals surface area contributed by atoms with Crippen LogP contribution in [0, 0.1) is 0 Å². The molecule has 23 heavy (non-hydrogen) atoms. The molecular formula is C18H26O5. The van der Waals surface area contributed by atoms with Crippen LogP contribution >= 0.6 is 0 Å². The van der Waals surface area contributed by atoms with Crippen LogP contribution in [-0.4, -0.2) is 42.8 Å². The highest BCUT2D eigenvalue weighted by atomic mass is 16.7. The molecule has 1 aromatic carbocycles. The number of benzene rings is 1. The van der Waals surface area contributed by atoms with E-state index in [1.165, 1.54) is 6.92 Å². The molecule has 0 aliphatic carbocycles. The molecule has 0 radical (unpaired) electrons. The zero-order valence-electron chi connectivity index (χ0n) is 13.8. The monoisotopic (exact) mass is 322 g/mol. The SMILES string of the molecule is CCC1CC(OC(C)=O)CC(OCC(CO)c2ccccc2)O1.